The quantitative estimate of drug-likeness (QED) is 0.310. The molecule has 0 amide bonds. The van der Waals surface area contributed by atoms with Crippen molar-refractivity contribution < 1.29 is 0 Å². The van der Waals surface area contributed by atoms with Crippen LogP contribution in [0, 0.1) is 25.2 Å². The topological polar surface area (TPSA) is 104 Å². The molecule has 3 aromatic carbocycles. The fourth-order valence-corrected chi connectivity index (χ4v) is 3.99. The monoisotopic (exact) mass is 472 g/mol. The molecule has 5 rings (SSSR count). The molecule has 0 fully saturated rings. The summed E-state index contributed by atoms with van der Waals surface area (Å²) in [7, 11) is 0. The molecular weight excluding hydrogens is 448 g/mol. The lowest BCUT2D eigenvalue weighted by atomic mass is 10.0. The van der Waals surface area contributed by atoms with Crippen LogP contribution in [0.5, 0.6) is 0 Å². The lowest BCUT2D eigenvalue weighted by Gasteiger charge is -2.15. The van der Waals surface area contributed by atoms with Crippen LogP contribution in [0.4, 0.5) is 23.1 Å². The minimum absolute atomic E-state index is 0.469. The molecule has 36 heavy (non-hydrogen) atoms. The maximum atomic E-state index is 8.96. The van der Waals surface area contributed by atoms with Crippen molar-refractivity contribution in [1.82, 2.24) is 24.7 Å². The fraction of sp³-hybridized carbons (Fsp3) is 0.107. The lowest BCUT2D eigenvalue weighted by molar-refractivity contribution is 0.686. The molecule has 0 radical (unpaired) electrons. The third kappa shape index (κ3) is 5.21. The van der Waals surface area contributed by atoms with Crippen molar-refractivity contribution in [2.75, 3.05) is 10.6 Å². The number of nitriles is 1. The van der Waals surface area contributed by atoms with Crippen molar-refractivity contribution in [3.05, 3.63) is 108 Å². The molecule has 0 saturated carbocycles. The van der Waals surface area contributed by atoms with E-state index in [2.05, 4.69) is 62.7 Å². The molecular formula is C28H24N8. The van der Waals surface area contributed by atoms with Crippen molar-refractivity contribution in [2.45, 2.75) is 20.4 Å². The number of aryl methyl sites for hydroxylation is 2. The average Bonchev–Trinajstić information content (AvgIpc) is 3.36. The summed E-state index contributed by atoms with van der Waals surface area (Å²) < 4.78 is 1.86. The Morgan fingerprint density at radius 2 is 1.64 bits per heavy atom. The van der Waals surface area contributed by atoms with E-state index in [1.807, 2.05) is 53.2 Å². The molecule has 2 N–H and O–H groups in total. The molecule has 0 bridgehead atoms. The Kier molecular flexibility index (Phi) is 6.36. The molecule has 2 heterocycles. The van der Waals surface area contributed by atoms with Gasteiger partial charge in [0.2, 0.25) is 5.95 Å². The van der Waals surface area contributed by atoms with Crippen molar-refractivity contribution in [3.8, 4) is 17.5 Å². The summed E-state index contributed by atoms with van der Waals surface area (Å²) in [4.78, 5) is 13.3. The van der Waals surface area contributed by atoms with Gasteiger partial charge in [0.25, 0.3) is 0 Å². The Bertz CT molecular complexity index is 1510. The third-order valence-corrected chi connectivity index (χ3v) is 5.68. The molecule has 0 aliphatic heterocycles. The van der Waals surface area contributed by atoms with Crippen molar-refractivity contribution in [3.63, 3.8) is 0 Å². The van der Waals surface area contributed by atoms with E-state index in [1.165, 1.54) is 0 Å². The summed E-state index contributed by atoms with van der Waals surface area (Å²) in [5.41, 5.74) is 6.78. The van der Waals surface area contributed by atoms with Crippen LogP contribution >= 0.6 is 0 Å². The van der Waals surface area contributed by atoms with Gasteiger partial charge >= 0.3 is 0 Å². The highest BCUT2D eigenvalue weighted by molar-refractivity contribution is 5.66. The molecule has 0 spiro atoms. The number of anilines is 4. The third-order valence-electron chi connectivity index (χ3n) is 5.68. The molecule has 0 atom stereocenters. The van der Waals surface area contributed by atoms with Gasteiger partial charge in [0.05, 0.1) is 18.2 Å². The first-order valence-corrected chi connectivity index (χ1v) is 11.5. The number of hydrogen-bond donors (Lipinski definition) is 2. The average molecular weight is 473 g/mol. The lowest BCUT2D eigenvalue weighted by Crippen LogP contribution is -2.05. The Morgan fingerprint density at radius 3 is 2.36 bits per heavy atom. The first-order chi connectivity index (χ1) is 17.6. The fourth-order valence-electron chi connectivity index (χ4n) is 3.99. The molecule has 0 saturated heterocycles. The summed E-state index contributed by atoms with van der Waals surface area (Å²) in [6, 6.07) is 25.4. The van der Waals surface area contributed by atoms with Gasteiger partial charge in [0, 0.05) is 23.1 Å². The Labute approximate surface area is 209 Å². The van der Waals surface area contributed by atoms with Gasteiger partial charge < -0.3 is 10.6 Å². The predicted molar refractivity (Wildman–Crippen MR) is 140 cm³/mol. The molecule has 8 nitrogen and oxygen atoms in total. The van der Waals surface area contributed by atoms with Crippen LogP contribution in [0.1, 0.15) is 22.3 Å². The van der Waals surface area contributed by atoms with Gasteiger partial charge in [-0.25, -0.2) is 14.6 Å². The van der Waals surface area contributed by atoms with E-state index in [1.54, 1.807) is 24.7 Å². The van der Waals surface area contributed by atoms with Crippen molar-refractivity contribution >= 4 is 23.1 Å². The minimum atomic E-state index is 0.469. The second-order valence-corrected chi connectivity index (χ2v) is 8.44. The van der Waals surface area contributed by atoms with E-state index in [0.717, 1.165) is 39.5 Å². The zero-order chi connectivity index (χ0) is 24.9. The van der Waals surface area contributed by atoms with E-state index in [-0.39, 0.29) is 0 Å². The first kappa shape index (κ1) is 22.7. The van der Waals surface area contributed by atoms with Gasteiger partial charge in [-0.1, -0.05) is 42.5 Å². The Hall–Kier alpha value is -5.03. The van der Waals surface area contributed by atoms with E-state index >= 15 is 0 Å². The van der Waals surface area contributed by atoms with E-state index < -0.39 is 0 Å². The van der Waals surface area contributed by atoms with Crippen LogP contribution in [0.25, 0.3) is 11.4 Å². The summed E-state index contributed by atoms with van der Waals surface area (Å²) in [5, 5.41) is 20.2. The largest absolute Gasteiger partial charge is 0.340 e. The summed E-state index contributed by atoms with van der Waals surface area (Å²) in [5.74, 6) is 1.87. The maximum Gasteiger partial charge on any atom is 0.229 e. The van der Waals surface area contributed by atoms with Crippen LogP contribution in [-0.4, -0.2) is 24.7 Å². The van der Waals surface area contributed by atoms with E-state index in [4.69, 9.17) is 5.26 Å². The van der Waals surface area contributed by atoms with Crippen molar-refractivity contribution in [2.24, 2.45) is 0 Å². The normalized spacial score (nSPS) is 10.6. The van der Waals surface area contributed by atoms with Crippen LogP contribution in [0.2, 0.25) is 0 Å². The SMILES string of the molecule is Cc1cc(Cn2cnc(-c3ccccc3)n2)cc(C)c1Nc1ccnc(Nc2ccc(C#N)cc2)n1. The molecule has 176 valence electrons. The molecule has 8 heteroatoms. The van der Waals surface area contributed by atoms with E-state index in [9.17, 15) is 0 Å². The highest BCUT2D eigenvalue weighted by atomic mass is 15.3. The first-order valence-electron chi connectivity index (χ1n) is 11.5. The van der Waals surface area contributed by atoms with Gasteiger partial charge in [-0.2, -0.15) is 15.3 Å². The summed E-state index contributed by atoms with van der Waals surface area (Å²) >= 11 is 0. The Morgan fingerprint density at radius 1 is 0.889 bits per heavy atom. The standard InChI is InChI=1S/C28H24N8/c1-19-14-22(17-36-18-31-27(35-36)23-6-4-3-5-7-23)15-20(2)26(19)33-25-12-13-30-28(34-25)32-24-10-8-21(16-29)9-11-24/h3-15,18H,17H2,1-2H3,(H2,30,32,33,34). The predicted octanol–water partition coefficient (Wildman–Crippen LogP) is 5.76. The highest BCUT2D eigenvalue weighted by Gasteiger charge is 2.10. The highest BCUT2D eigenvalue weighted by Crippen LogP contribution is 2.26. The molecule has 0 aliphatic carbocycles. The molecule has 2 aromatic heterocycles. The van der Waals surface area contributed by atoms with Gasteiger partial charge in [0.15, 0.2) is 5.82 Å². The van der Waals surface area contributed by atoms with Crippen LogP contribution < -0.4 is 10.6 Å². The van der Waals surface area contributed by atoms with E-state index in [0.29, 0.717) is 23.9 Å². The molecule has 5 aromatic rings. The van der Waals surface area contributed by atoms with Crippen LogP contribution in [-0.2, 0) is 6.54 Å². The second-order valence-electron chi connectivity index (χ2n) is 8.44. The zero-order valence-electron chi connectivity index (χ0n) is 20.0. The zero-order valence-corrected chi connectivity index (χ0v) is 20.0. The number of rotatable bonds is 7. The number of nitrogens with one attached hydrogen (secondary N) is 2. The summed E-state index contributed by atoms with van der Waals surface area (Å²) in [6.07, 6.45) is 3.47. The molecule has 0 aliphatic rings. The number of aromatic nitrogens is 5. The second kappa shape index (κ2) is 10.1. The van der Waals surface area contributed by atoms with Gasteiger partial charge in [-0.15, -0.1) is 0 Å². The van der Waals surface area contributed by atoms with Gasteiger partial charge in [-0.05, 0) is 60.9 Å². The smallest absolute Gasteiger partial charge is 0.229 e. The number of hydrogen-bond acceptors (Lipinski definition) is 7. The maximum absolute atomic E-state index is 8.96. The Balaban J connectivity index is 1.30. The van der Waals surface area contributed by atoms with Gasteiger partial charge in [-0.3, -0.25) is 0 Å². The molecule has 0 unspecified atom stereocenters. The number of nitrogens with zero attached hydrogens (tertiary/aromatic N) is 6. The van der Waals surface area contributed by atoms with Gasteiger partial charge in [0.1, 0.15) is 12.1 Å². The van der Waals surface area contributed by atoms with Crippen molar-refractivity contribution in [1.29, 1.82) is 5.26 Å². The number of benzene rings is 3. The summed E-state index contributed by atoms with van der Waals surface area (Å²) in [6.45, 7) is 4.79. The van der Waals surface area contributed by atoms with Crippen LogP contribution in [0.15, 0.2) is 85.3 Å². The minimum Gasteiger partial charge on any atom is -0.340 e. The van der Waals surface area contributed by atoms with Crippen LogP contribution in [0.3, 0.4) is 0 Å².